The van der Waals surface area contributed by atoms with Crippen molar-refractivity contribution in [3.05, 3.63) is 81.0 Å². The van der Waals surface area contributed by atoms with Gasteiger partial charge in [-0.25, -0.2) is 4.39 Å². The highest BCUT2D eigenvalue weighted by Gasteiger charge is 2.31. The average Bonchev–Trinajstić information content (AvgIpc) is 3.63. The van der Waals surface area contributed by atoms with Crippen LogP contribution in [0.3, 0.4) is 0 Å². The Balaban J connectivity index is 1.64. The lowest BCUT2D eigenvalue weighted by Gasteiger charge is -2.13. The topological polar surface area (TPSA) is 87.7 Å². The summed E-state index contributed by atoms with van der Waals surface area (Å²) in [7, 11) is 0. The molecule has 1 fully saturated rings. The van der Waals surface area contributed by atoms with E-state index in [1.165, 1.54) is 0 Å². The van der Waals surface area contributed by atoms with Crippen LogP contribution in [0.2, 0.25) is 0 Å². The molecule has 184 valence electrons. The molecule has 1 amide bonds. The van der Waals surface area contributed by atoms with Gasteiger partial charge in [0.1, 0.15) is 11.5 Å². The summed E-state index contributed by atoms with van der Waals surface area (Å²) in [5.41, 5.74) is 0.607. The second kappa shape index (κ2) is 8.54. The molecule has 0 aliphatic heterocycles. The third kappa shape index (κ3) is 4.34. The Kier molecular flexibility index (Phi) is 5.61. The number of carbonyl (C=O) groups excluding carboxylic acids is 1. The normalized spacial score (nSPS) is 13.7. The highest BCUT2D eigenvalue weighted by molar-refractivity contribution is 5.97. The maximum absolute atomic E-state index is 14.7. The van der Waals surface area contributed by atoms with Crippen LogP contribution in [-0.2, 0) is 6.18 Å². The first-order valence-corrected chi connectivity index (χ1v) is 11.2. The van der Waals surface area contributed by atoms with Crippen molar-refractivity contribution in [1.29, 1.82) is 0 Å². The van der Waals surface area contributed by atoms with E-state index in [-0.39, 0.29) is 34.3 Å². The van der Waals surface area contributed by atoms with Crippen LogP contribution >= 0.6 is 0 Å². The van der Waals surface area contributed by atoms with Crippen molar-refractivity contribution in [2.45, 2.75) is 38.9 Å². The number of nitrogens with zero attached hydrogens (tertiary/aromatic N) is 2. The van der Waals surface area contributed by atoms with Crippen molar-refractivity contribution in [2.24, 2.45) is 0 Å². The number of H-pyrrole nitrogens is 1. The van der Waals surface area contributed by atoms with Crippen LogP contribution < -0.4 is 10.9 Å². The third-order valence-corrected chi connectivity index (χ3v) is 6.22. The summed E-state index contributed by atoms with van der Waals surface area (Å²) in [6, 6.07) is 8.94. The summed E-state index contributed by atoms with van der Waals surface area (Å²) >= 11 is 0. The minimum absolute atomic E-state index is 0.0836. The maximum atomic E-state index is 14.7. The van der Waals surface area contributed by atoms with E-state index in [0.29, 0.717) is 28.3 Å². The molecule has 2 heterocycles. The smallest absolute Gasteiger partial charge is 0.349 e. The van der Waals surface area contributed by atoms with E-state index in [4.69, 9.17) is 0 Å². The number of hydrogen-bond donors (Lipinski definition) is 2. The summed E-state index contributed by atoms with van der Waals surface area (Å²) in [6.45, 7) is 3.46. The first-order chi connectivity index (χ1) is 17.0. The second-order valence-electron chi connectivity index (χ2n) is 8.90. The van der Waals surface area contributed by atoms with E-state index in [0.717, 1.165) is 30.5 Å². The van der Waals surface area contributed by atoms with Gasteiger partial charge >= 0.3 is 6.18 Å². The molecular weight excluding hydrogens is 476 g/mol. The van der Waals surface area contributed by atoms with Crippen molar-refractivity contribution < 1.29 is 22.4 Å². The molecule has 2 aromatic heterocycles. The Morgan fingerprint density at radius 3 is 2.42 bits per heavy atom. The number of hydrogen-bond acceptors (Lipinski definition) is 4. The van der Waals surface area contributed by atoms with Gasteiger partial charge in [0.05, 0.1) is 16.8 Å². The Labute approximate surface area is 202 Å². The number of benzene rings is 2. The number of aromatic amines is 1. The SMILES string of the molecule is Cc1ccc(C(=O)NC2CC2)cc1-c1cc2c(C)nnc(-c3ccc(C(F)(F)F)cc3F)c2[nH]c1=O. The number of aryl methyl sites for hydroxylation is 2. The number of alkyl halides is 3. The van der Waals surface area contributed by atoms with Gasteiger partial charge in [-0.15, -0.1) is 5.10 Å². The molecule has 4 aromatic rings. The molecule has 10 heteroatoms. The fraction of sp³-hybridized carbons (Fsp3) is 0.231. The number of halogens is 4. The molecule has 2 N–H and O–H groups in total. The Bertz CT molecular complexity index is 1590. The Morgan fingerprint density at radius 1 is 1.00 bits per heavy atom. The van der Waals surface area contributed by atoms with Crippen LogP contribution in [0.15, 0.2) is 47.3 Å². The highest BCUT2D eigenvalue weighted by atomic mass is 19.4. The van der Waals surface area contributed by atoms with Crippen molar-refractivity contribution in [3.63, 3.8) is 0 Å². The summed E-state index contributed by atoms with van der Waals surface area (Å²) in [5.74, 6) is -1.36. The van der Waals surface area contributed by atoms with Crippen LogP contribution in [0, 0.1) is 19.7 Å². The second-order valence-corrected chi connectivity index (χ2v) is 8.90. The van der Waals surface area contributed by atoms with Gasteiger partial charge in [0.15, 0.2) is 0 Å². The first kappa shape index (κ1) is 23.7. The molecule has 1 aliphatic rings. The van der Waals surface area contributed by atoms with Gasteiger partial charge in [-0.3, -0.25) is 9.59 Å². The van der Waals surface area contributed by atoms with Gasteiger partial charge in [0.25, 0.3) is 11.5 Å². The van der Waals surface area contributed by atoms with Gasteiger partial charge < -0.3 is 10.3 Å². The number of amides is 1. The van der Waals surface area contributed by atoms with Crippen LogP contribution in [-0.4, -0.2) is 27.1 Å². The van der Waals surface area contributed by atoms with E-state index in [9.17, 15) is 27.2 Å². The minimum Gasteiger partial charge on any atom is -0.349 e. The largest absolute Gasteiger partial charge is 0.416 e. The maximum Gasteiger partial charge on any atom is 0.416 e. The molecule has 0 radical (unpaired) electrons. The number of rotatable bonds is 4. The lowest BCUT2D eigenvalue weighted by Crippen LogP contribution is -2.25. The van der Waals surface area contributed by atoms with E-state index in [1.807, 2.05) is 6.92 Å². The molecule has 1 aliphatic carbocycles. The zero-order valence-corrected chi connectivity index (χ0v) is 19.3. The van der Waals surface area contributed by atoms with Crippen molar-refractivity contribution in [1.82, 2.24) is 20.5 Å². The molecule has 0 bridgehead atoms. The van der Waals surface area contributed by atoms with E-state index in [2.05, 4.69) is 20.5 Å². The molecule has 0 saturated heterocycles. The molecule has 0 unspecified atom stereocenters. The Morgan fingerprint density at radius 2 is 1.75 bits per heavy atom. The summed E-state index contributed by atoms with van der Waals surface area (Å²) in [5, 5.41) is 11.4. The fourth-order valence-corrected chi connectivity index (χ4v) is 4.05. The van der Waals surface area contributed by atoms with E-state index >= 15 is 0 Å². The van der Waals surface area contributed by atoms with Gasteiger partial charge in [0.2, 0.25) is 0 Å². The Hall–Kier alpha value is -4.08. The predicted octanol–water partition coefficient (Wildman–Crippen LogP) is 5.32. The molecule has 6 nitrogen and oxygen atoms in total. The summed E-state index contributed by atoms with van der Waals surface area (Å²) in [6.07, 6.45) is -2.82. The van der Waals surface area contributed by atoms with Gasteiger partial charge in [-0.1, -0.05) is 6.07 Å². The van der Waals surface area contributed by atoms with Crippen LogP contribution in [0.5, 0.6) is 0 Å². The number of pyridine rings is 1. The van der Waals surface area contributed by atoms with Crippen molar-refractivity contribution >= 4 is 16.8 Å². The minimum atomic E-state index is -4.70. The lowest BCUT2D eigenvalue weighted by molar-refractivity contribution is -0.137. The lowest BCUT2D eigenvalue weighted by atomic mass is 9.97. The third-order valence-electron chi connectivity index (χ3n) is 6.22. The summed E-state index contributed by atoms with van der Waals surface area (Å²) < 4.78 is 53.6. The monoisotopic (exact) mass is 496 g/mol. The van der Waals surface area contributed by atoms with Gasteiger partial charge in [-0.2, -0.15) is 18.3 Å². The number of carbonyl (C=O) groups is 1. The summed E-state index contributed by atoms with van der Waals surface area (Å²) in [4.78, 5) is 28.4. The van der Waals surface area contributed by atoms with Crippen molar-refractivity contribution in [2.75, 3.05) is 0 Å². The van der Waals surface area contributed by atoms with Gasteiger partial charge in [-0.05, 0) is 74.2 Å². The first-order valence-electron chi connectivity index (χ1n) is 11.2. The molecule has 36 heavy (non-hydrogen) atoms. The number of nitrogens with one attached hydrogen (secondary N) is 2. The molecule has 5 rings (SSSR count). The zero-order chi connectivity index (χ0) is 25.8. The van der Waals surface area contributed by atoms with E-state index in [1.54, 1.807) is 31.2 Å². The standard InChI is InChI=1S/C26H20F4N4O2/c1-12-3-4-14(24(35)31-16-6-7-16)9-18(12)20-11-19-13(2)33-34-23(22(19)32-25(20)36)17-8-5-15(10-21(17)27)26(28,29)30/h3-5,8-11,16H,6-7H2,1-2H3,(H,31,35)(H,32,36). The van der Waals surface area contributed by atoms with Crippen LogP contribution in [0.4, 0.5) is 17.6 Å². The van der Waals surface area contributed by atoms with Crippen LogP contribution in [0.1, 0.15) is 40.0 Å². The number of fused-ring (bicyclic) bond motifs is 1. The van der Waals surface area contributed by atoms with Gasteiger partial charge in [0, 0.05) is 28.1 Å². The predicted molar refractivity (Wildman–Crippen MR) is 126 cm³/mol. The molecule has 1 saturated carbocycles. The van der Waals surface area contributed by atoms with Crippen molar-refractivity contribution in [3.8, 4) is 22.4 Å². The fourth-order valence-electron chi connectivity index (χ4n) is 4.05. The van der Waals surface area contributed by atoms with E-state index < -0.39 is 23.1 Å². The molecular formula is C26H20F4N4O2. The number of aromatic nitrogens is 3. The molecule has 0 atom stereocenters. The molecule has 2 aromatic carbocycles. The zero-order valence-electron chi connectivity index (χ0n) is 19.3. The van der Waals surface area contributed by atoms with Crippen LogP contribution in [0.25, 0.3) is 33.3 Å². The highest BCUT2D eigenvalue weighted by Crippen LogP contribution is 2.34. The molecule has 0 spiro atoms. The quantitative estimate of drug-likeness (QED) is 0.375. The average molecular weight is 496 g/mol.